The van der Waals surface area contributed by atoms with E-state index in [-0.39, 0.29) is 31.0 Å². The van der Waals surface area contributed by atoms with Crippen LogP contribution in [0.2, 0.25) is 5.02 Å². The van der Waals surface area contributed by atoms with Crippen molar-refractivity contribution in [2.45, 2.75) is 83.4 Å². The van der Waals surface area contributed by atoms with Gasteiger partial charge in [-0.2, -0.15) is 0 Å². The SMILES string of the molecule is N.N.NCC(=O)O.NCC(=O)O.NCCCC[C@H](N)C(=O)O.NCCCC[C@H](N)C(=O)O.O=P(O)(O)C(O)(Cc1cccnc1)P(=O)(O)O.O=P(O)(O)C(O)(Cn1ccnc1)P(=O)(O)O.O=P(O)(O)C(Sc1ccc(Cl)cc1)P(=O)(O)O. The monoisotopic (exact) mass is 1350 g/mol. The highest BCUT2D eigenvalue weighted by molar-refractivity contribution is 8.12. The first-order valence-electron chi connectivity index (χ1n) is 21.4. The molecule has 0 unspecified atom stereocenters. The fraction of sp³-hybridized carbons (Fsp3) is 0.486. The zero-order valence-corrected chi connectivity index (χ0v) is 49.8. The maximum absolute atomic E-state index is 11.0. The normalized spacial score (nSPS) is 12.4. The minimum atomic E-state index is -5.41. The second-order valence-corrected chi connectivity index (χ2v) is 29.4. The van der Waals surface area contributed by atoms with Gasteiger partial charge in [0.1, 0.15) is 12.1 Å². The van der Waals surface area contributed by atoms with Gasteiger partial charge >= 0.3 is 69.5 Å². The quantitative estimate of drug-likeness (QED) is 0.0262. The molecule has 0 aliphatic rings. The third-order valence-electron chi connectivity index (χ3n) is 8.54. The largest absolute Gasteiger partial charge is 0.480 e. The fourth-order valence-electron chi connectivity index (χ4n) is 4.36. The molecule has 0 amide bonds. The number of halogens is 1. The zero-order valence-electron chi connectivity index (χ0n) is 42.9. The lowest BCUT2D eigenvalue weighted by Gasteiger charge is -2.29. The lowest BCUT2D eigenvalue weighted by molar-refractivity contribution is -0.139. The minimum absolute atomic E-state index is 0. The number of nitrogens with zero attached hydrogens (tertiary/aromatic N) is 3. The van der Waals surface area contributed by atoms with Crippen molar-refractivity contribution in [1.29, 1.82) is 0 Å². The molecule has 2 atom stereocenters. The fourth-order valence-corrected chi connectivity index (χ4v) is 12.6. The van der Waals surface area contributed by atoms with Gasteiger partial charge in [-0.05, 0) is 74.7 Å². The number of carboxylic acid groups (broad SMARTS) is 4. The summed E-state index contributed by atoms with van der Waals surface area (Å²) in [5.74, 6) is -3.80. The number of carbonyl (C=O) groups is 4. The number of carboxylic acids is 4. The van der Waals surface area contributed by atoms with Gasteiger partial charge in [0.25, 0.3) is 10.2 Å². The van der Waals surface area contributed by atoms with Crippen molar-refractivity contribution in [1.82, 2.24) is 26.8 Å². The van der Waals surface area contributed by atoms with Crippen LogP contribution in [-0.2, 0) is 59.5 Å². The maximum atomic E-state index is 11.0. The summed E-state index contributed by atoms with van der Waals surface area (Å²) in [5, 5.41) is 44.5. The first-order valence-corrected chi connectivity index (χ1v) is 32.5. The number of hydrogen-bond acceptors (Lipinski definition) is 23. The van der Waals surface area contributed by atoms with Crippen LogP contribution in [0, 0.1) is 0 Å². The van der Waals surface area contributed by atoms with Gasteiger partial charge in [-0.15, -0.1) is 0 Å². The molecule has 3 rings (SSSR count). The van der Waals surface area contributed by atoms with Crippen LogP contribution in [0.5, 0.6) is 0 Å². The second kappa shape index (κ2) is 42.4. The molecule has 36 N–H and O–H groups in total. The van der Waals surface area contributed by atoms with Crippen LogP contribution < -0.4 is 46.7 Å². The van der Waals surface area contributed by atoms with E-state index in [4.69, 9.17) is 114 Å². The Kier molecular flexibility index (Phi) is 46.5. The van der Waals surface area contributed by atoms with Gasteiger partial charge in [0, 0.05) is 41.1 Å². The molecular formula is C35H74ClN11O28P6S. The number of pyridine rings is 1. The zero-order chi connectivity index (χ0) is 63.7. The van der Waals surface area contributed by atoms with E-state index in [1.807, 2.05) is 0 Å². The molecule has 0 fully saturated rings. The Hall–Kier alpha value is -3.40. The van der Waals surface area contributed by atoms with Gasteiger partial charge in [-0.1, -0.05) is 42.3 Å². The number of hydrogen-bond donors (Lipinski definition) is 26. The summed E-state index contributed by atoms with van der Waals surface area (Å²) in [6, 6.07) is 7.08. The Labute approximate surface area is 476 Å². The summed E-state index contributed by atoms with van der Waals surface area (Å²) >= 11 is 6.04. The first kappa shape index (κ1) is 89.8. The number of nitrogens with two attached hydrogens (primary N) is 6. The van der Waals surface area contributed by atoms with Crippen LogP contribution in [0.3, 0.4) is 0 Å². The molecule has 0 saturated carbocycles. The van der Waals surface area contributed by atoms with Crippen molar-refractivity contribution in [2.24, 2.45) is 34.4 Å². The van der Waals surface area contributed by atoms with Crippen molar-refractivity contribution in [3.05, 3.63) is 78.1 Å². The predicted octanol–water partition coefficient (Wildman–Crippen LogP) is -1.98. The van der Waals surface area contributed by atoms with E-state index in [9.17, 15) is 56.8 Å². The topological polar surface area (TPSA) is 792 Å². The van der Waals surface area contributed by atoms with Crippen molar-refractivity contribution < 1.29 is 136 Å². The van der Waals surface area contributed by atoms with Crippen LogP contribution in [0.1, 0.15) is 44.1 Å². The predicted molar refractivity (Wildman–Crippen MR) is 294 cm³/mol. The van der Waals surface area contributed by atoms with Gasteiger partial charge in [-0.25, -0.2) is 4.98 Å². The molecule has 82 heavy (non-hydrogen) atoms. The number of thioether (sulfide) groups is 1. The van der Waals surface area contributed by atoms with Crippen molar-refractivity contribution in [3.63, 3.8) is 0 Å². The van der Waals surface area contributed by atoms with Gasteiger partial charge in [-0.3, -0.25) is 51.6 Å². The molecule has 0 saturated heterocycles. The van der Waals surface area contributed by atoms with Crippen LogP contribution in [0.15, 0.2) is 72.4 Å². The summed E-state index contributed by atoms with van der Waals surface area (Å²) in [5.41, 5.74) is 30.1. The van der Waals surface area contributed by atoms with E-state index in [2.05, 4.69) is 21.4 Å². The van der Waals surface area contributed by atoms with Gasteiger partial charge in [0.05, 0.1) is 26.0 Å². The van der Waals surface area contributed by atoms with Gasteiger partial charge in [0.15, 0.2) is 0 Å². The van der Waals surface area contributed by atoms with Crippen LogP contribution in [0.4, 0.5) is 0 Å². The lowest BCUT2D eigenvalue weighted by atomic mass is 10.1. The van der Waals surface area contributed by atoms with Crippen LogP contribution >= 0.6 is 68.9 Å². The molecular weight excluding hydrogens is 1280 g/mol. The molecule has 39 nitrogen and oxygen atoms in total. The molecule has 2 aromatic heterocycles. The standard InChI is InChI=1S/C7H9ClO6P2S.C7H11NO7P2.2C6H14N2O2.C5H10N2O7P2.2C2H5NO2.2H3N/c8-5-1-3-6(4-2-5)17-7(15(9,10)11)16(12,13)14;9-7(16(10,11)12,17(13,14)15)4-6-2-1-3-8-5-6;2*7-4-2-1-3-5(8)6(9)10;8-5(15(9,10)11,16(12,13)14)3-7-2-1-6-4-7;2*3-1-2(4)5;;/h1-4,7H,(H2,9,10,11)(H2,12,13,14);1-3,5,9H,4H2,(H2,10,11,12)(H2,13,14,15);2*5H,1-4,7-8H2,(H,9,10);1-2,4,8H,3H2,(H2,9,10,11)(H2,12,13,14);2*1,3H2,(H,4,5);2*1H3/t;;2*5-;;;;;/m..00...../s1. The molecule has 2 heterocycles. The van der Waals surface area contributed by atoms with E-state index in [1.54, 1.807) is 0 Å². The summed E-state index contributed by atoms with van der Waals surface area (Å²) in [6.07, 6.45) is 9.46. The highest BCUT2D eigenvalue weighted by atomic mass is 35.5. The summed E-state index contributed by atoms with van der Waals surface area (Å²) < 4.78 is 64.8. The molecule has 3 aromatic rings. The molecule has 0 aliphatic carbocycles. The van der Waals surface area contributed by atoms with Gasteiger partial charge in [0.2, 0.25) is 4.73 Å². The Morgan fingerprint density at radius 3 is 1.21 bits per heavy atom. The third kappa shape index (κ3) is 39.3. The molecule has 0 aliphatic heterocycles. The number of aliphatic hydroxyl groups is 2. The summed E-state index contributed by atoms with van der Waals surface area (Å²) in [4.78, 5) is 153. The average Bonchev–Trinajstić information content (AvgIpc) is 3.83. The molecule has 0 spiro atoms. The number of rotatable bonds is 24. The molecule has 0 radical (unpaired) electrons. The smallest absolute Gasteiger partial charge is 0.371 e. The Balaban J connectivity index is -0.000000213. The van der Waals surface area contributed by atoms with E-state index in [0.29, 0.717) is 47.6 Å². The molecule has 0 bridgehead atoms. The minimum Gasteiger partial charge on any atom is -0.480 e. The number of unbranched alkanes of at least 4 members (excludes halogenated alkanes) is 2. The number of aliphatic carboxylic acids is 4. The third-order valence-corrected chi connectivity index (χ3v) is 22.2. The highest BCUT2D eigenvalue weighted by Crippen LogP contribution is 2.69. The second-order valence-electron chi connectivity index (χ2n) is 15.2. The van der Waals surface area contributed by atoms with Gasteiger partial charge < -0.3 is 141 Å². The lowest BCUT2D eigenvalue weighted by Crippen LogP contribution is -2.33. The van der Waals surface area contributed by atoms with Crippen LogP contribution in [0.25, 0.3) is 0 Å². The number of benzene rings is 1. The molecule has 47 heteroatoms. The summed E-state index contributed by atoms with van der Waals surface area (Å²) in [6.45, 7) is -0.305. The number of imidazole rings is 1. The highest BCUT2D eigenvalue weighted by Gasteiger charge is 2.60. The van der Waals surface area contributed by atoms with Crippen molar-refractivity contribution >= 4 is 92.8 Å². The Bertz CT molecular complexity index is 2470. The average molecular weight is 1350 g/mol. The Morgan fingerprint density at radius 2 is 0.951 bits per heavy atom. The first-order chi connectivity index (χ1) is 36.2. The molecule has 1 aromatic carbocycles. The van der Waals surface area contributed by atoms with E-state index in [0.717, 1.165) is 42.8 Å². The number of aromatic nitrogens is 3. The molecule has 480 valence electrons. The Morgan fingerprint density at radius 1 is 0.585 bits per heavy atom. The van der Waals surface area contributed by atoms with E-state index < -0.39 is 109 Å². The van der Waals surface area contributed by atoms with Crippen LogP contribution in [-0.4, -0.2) is 181 Å². The van der Waals surface area contributed by atoms with E-state index >= 15 is 0 Å². The van der Waals surface area contributed by atoms with Crippen molar-refractivity contribution in [2.75, 3.05) is 26.2 Å². The summed E-state index contributed by atoms with van der Waals surface area (Å²) in [7, 11) is -31.4. The van der Waals surface area contributed by atoms with E-state index in [1.165, 1.54) is 55.0 Å². The maximum Gasteiger partial charge on any atom is 0.371 e. The van der Waals surface area contributed by atoms with Crippen molar-refractivity contribution in [3.8, 4) is 0 Å².